The van der Waals surface area contributed by atoms with E-state index in [1.807, 2.05) is 64.6 Å². The number of carboxylic acids is 2. The molecular weight excluding hydrogens is 384 g/mol. The van der Waals surface area contributed by atoms with Crippen molar-refractivity contribution in [1.82, 2.24) is 9.13 Å². The van der Waals surface area contributed by atoms with Gasteiger partial charge in [0, 0.05) is 34.3 Å². The number of fused-ring (bicyclic) bond motifs is 2. The summed E-state index contributed by atoms with van der Waals surface area (Å²) < 4.78 is 3.88. The van der Waals surface area contributed by atoms with E-state index in [1.54, 1.807) is 12.4 Å². The van der Waals surface area contributed by atoms with Crippen molar-refractivity contribution in [2.75, 3.05) is 0 Å². The summed E-state index contributed by atoms with van der Waals surface area (Å²) in [5.41, 5.74) is 14.5. The average molecular weight is 406 g/mol. The highest BCUT2D eigenvalue weighted by Crippen LogP contribution is 2.33. The third-order valence-electron chi connectivity index (χ3n) is 5.55. The fourth-order valence-corrected chi connectivity index (χ4v) is 3.98. The summed E-state index contributed by atoms with van der Waals surface area (Å²) in [5.74, 6) is -2.21. The standard InChI is InChI=1S/C22H22N4O4/c1-12(25-10-15(19(23)21(27)28)13-6-2-4-8-17(13)25)26-11-16(20(24)22(29)30)14-7-3-5-9-18(14)26/h2-12,19-20H,23-24H2,1H3,(H,27,28)(H,29,30)/t19-,20-/m0/s1. The summed E-state index contributed by atoms with van der Waals surface area (Å²) in [6.07, 6.45) is 3.21. The molecule has 2 heterocycles. The average Bonchev–Trinajstić information content (AvgIpc) is 3.31. The van der Waals surface area contributed by atoms with Crippen LogP contribution in [0.5, 0.6) is 0 Å². The minimum atomic E-state index is -1.15. The van der Waals surface area contributed by atoms with Crippen molar-refractivity contribution in [2.45, 2.75) is 25.2 Å². The zero-order valence-electron chi connectivity index (χ0n) is 16.3. The Kier molecular flexibility index (Phi) is 4.81. The molecule has 2 atom stereocenters. The molecule has 0 aliphatic heterocycles. The lowest BCUT2D eigenvalue weighted by molar-refractivity contribution is -0.139. The van der Waals surface area contributed by atoms with Crippen LogP contribution >= 0.6 is 0 Å². The van der Waals surface area contributed by atoms with Crippen molar-refractivity contribution in [3.63, 3.8) is 0 Å². The predicted molar refractivity (Wildman–Crippen MR) is 113 cm³/mol. The summed E-state index contributed by atoms with van der Waals surface area (Å²) >= 11 is 0. The molecule has 4 rings (SSSR count). The second-order valence-electron chi connectivity index (χ2n) is 7.28. The number of rotatable bonds is 6. The molecule has 0 bridgehead atoms. The molecule has 0 fully saturated rings. The zero-order valence-corrected chi connectivity index (χ0v) is 16.3. The van der Waals surface area contributed by atoms with E-state index in [-0.39, 0.29) is 6.17 Å². The van der Waals surface area contributed by atoms with Crippen molar-refractivity contribution in [2.24, 2.45) is 11.5 Å². The van der Waals surface area contributed by atoms with Gasteiger partial charge < -0.3 is 30.8 Å². The van der Waals surface area contributed by atoms with Gasteiger partial charge in [-0.25, -0.2) is 0 Å². The van der Waals surface area contributed by atoms with Gasteiger partial charge in [-0.1, -0.05) is 36.4 Å². The number of hydrogen-bond acceptors (Lipinski definition) is 4. The Morgan fingerprint density at radius 2 is 1.13 bits per heavy atom. The Hall–Kier alpha value is -3.62. The third kappa shape index (κ3) is 3.02. The summed E-state index contributed by atoms with van der Waals surface area (Å²) in [5, 5.41) is 20.3. The Balaban J connectivity index is 1.92. The van der Waals surface area contributed by atoms with Gasteiger partial charge in [0.15, 0.2) is 0 Å². The predicted octanol–water partition coefficient (Wildman–Crippen LogP) is 2.83. The molecule has 8 nitrogen and oxygen atoms in total. The molecular formula is C22H22N4O4. The minimum absolute atomic E-state index is 0.288. The maximum absolute atomic E-state index is 11.5. The van der Waals surface area contributed by atoms with Crippen LogP contribution in [0, 0.1) is 0 Å². The molecule has 0 saturated heterocycles. The van der Waals surface area contributed by atoms with Gasteiger partial charge in [0.25, 0.3) is 0 Å². The van der Waals surface area contributed by atoms with Crippen LogP contribution in [0.1, 0.15) is 36.3 Å². The number of para-hydroxylation sites is 2. The van der Waals surface area contributed by atoms with Gasteiger partial charge in [-0.3, -0.25) is 9.59 Å². The summed E-state index contributed by atoms with van der Waals surface area (Å²) in [4.78, 5) is 23.0. The van der Waals surface area contributed by atoms with Crippen molar-refractivity contribution in [1.29, 1.82) is 0 Å². The number of carboxylic acid groups (broad SMARTS) is 2. The van der Waals surface area contributed by atoms with E-state index in [0.29, 0.717) is 11.1 Å². The fraction of sp³-hybridized carbons (Fsp3) is 0.182. The minimum Gasteiger partial charge on any atom is -0.480 e. The van der Waals surface area contributed by atoms with Gasteiger partial charge in [-0.2, -0.15) is 0 Å². The Morgan fingerprint density at radius 3 is 1.50 bits per heavy atom. The number of carbonyl (C=O) groups is 2. The van der Waals surface area contributed by atoms with Gasteiger partial charge in [0.1, 0.15) is 18.2 Å². The summed E-state index contributed by atoms with van der Waals surface area (Å²) in [7, 11) is 0. The van der Waals surface area contributed by atoms with Crippen molar-refractivity contribution in [3.8, 4) is 0 Å². The lowest BCUT2D eigenvalue weighted by Crippen LogP contribution is -2.21. The van der Waals surface area contributed by atoms with E-state index >= 15 is 0 Å². The second kappa shape index (κ2) is 7.33. The first-order chi connectivity index (χ1) is 14.3. The molecule has 6 N–H and O–H groups in total. The monoisotopic (exact) mass is 406 g/mol. The highest BCUT2D eigenvalue weighted by atomic mass is 16.4. The molecule has 0 amide bonds. The molecule has 2 aromatic heterocycles. The topological polar surface area (TPSA) is 136 Å². The highest BCUT2D eigenvalue weighted by molar-refractivity contribution is 5.91. The molecule has 30 heavy (non-hydrogen) atoms. The van der Waals surface area contributed by atoms with Crippen LogP contribution in [0.15, 0.2) is 60.9 Å². The lowest BCUT2D eigenvalue weighted by atomic mass is 10.1. The molecule has 4 aromatic rings. The van der Waals surface area contributed by atoms with Crippen LogP contribution < -0.4 is 11.5 Å². The number of benzene rings is 2. The number of nitrogens with two attached hydrogens (primary N) is 2. The molecule has 2 aromatic carbocycles. The SMILES string of the molecule is CC(n1cc([C@H](N)C(=O)O)c2ccccc21)n1cc([C@H](N)C(=O)O)c2ccccc21. The van der Waals surface area contributed by atoms with Crippen LogP contribution in [0.4, 0.5) is 0 Å². The largest absolute Gasteiger partial charge is 0.480 e. The molecule has 154 valence electrons. The van der Waals surface area contributed by atoms with E-state index in [2.05, 4.69) is 0 Å². The quantitative estimate of drug-likeness (QED) is 0.389. The van der Waals surface area contributed by atoms with Gasteiger partial charge in [-0.05, 0) is 19.1 Å². The molecule has 0 radical (unpaired) electrons. The molecule has 0 unspecified atom stereocenters. The van der Waals surface area contributed by atoms with Crippen LogP contribution in [0.3, 0.4) is 0 Å². The first kappa shape index (κ1) is 19.7. The van der Waals surface area contributed by atoms with Gasteiger partial charge >= 0.3 is 11.9 Å². The van der Waals surface area contributed by atoms with Crippen LogP contribution in [0.25, 0.3) is 21.8 Å². The summed E-state index contributed by atoms with van der Waals surface area (Å²) in [6, 6.07) is 12.6. The van der Waals surface area contributed by atoms with Gasteiger partial charge in [0.2, 0.25) is 0 Å². The normalized spacial score (nSPS) is 13.7. The molecule has 0 aliphatic carbocycles. The van der Waals surface area contributed by atoms with E-state index in [0.717, 1.165) is 21.8 Å². The van der Waals surface area contributed by atoms with Crippen molar-refractivity contribution in [3.05, 3.63) is 72.1 Å². The van der Waals surface area contributed by atoms with E-state index in [9.17, 15) is 19.8 Å². The smallest absolute Gasteiger partial charge is 0.325 e. The second-order valence-corrected chi connectivity index (χ2v) is 7.28. The van der Waals surface area contributed by atoms with Gasteiger partial charge in [-0.15, -0.1) is 0 Å². The third-order valence-corrected chi connectivity index (χ3v) is 5.55. The molecule has 0 spiro atoms. The maximum atomic E-state index is 11.5. The van der Waals surface area contributed by atoms with E-state index in [4.69, 9.17) is 11.5 Å². The van der Waals surface area contributed by atoms with Crippen molar-refractivity contribution < 1.29 is 19.8 Å². The van der Waals surface area contributed by atoms with E-state index < -0.39 is 24.0 Å². The Morgan fingerprint density at radius 1 is 0.767 bits per heavy atom. The van der Waals surface area contributed by atoms with Crippen LogP contribution in [0.2, 0.25) is 0 Å². The fourth-order valence-electron chi connectivity index (χ4n) is 3.98. The number of aliphatic carboxylic acids is 2. The number of nitrogens with zero attached hydrogens (tertiary/aromatic N) is 2. The number of hydrogen-bond donors (Lipinski definition) is 4. The Labute approximate surface area is 171 Å². The first-order valence-electron chi connectivity index (χ1n) is 9.47. The molecule has 0 aliphatic rings. The van der Waals surface area contributed by atoms with Gasteiger partial charge in [0.05, 0.1) is 11.0 Å². The Bertz CT molecular complexity index is 1170. The van der Waals surface area contributed by atoms with Crippen LogP contribution in [-0.4, -0.2) is 31.3 Å². The zero-order chi connectivity index (χ0) is 21.6. The molecule has 0 saturated carbocycles. The lowest BCUT2D eigenvalue weighted by Gasteiger charge is -2.19. The number of aromatic nitrogens is 2. The van der Waals surface area contributed by atoms with Crippen LogP contribution in [-0.2, 0) is 9.59 Å². The maximum Gasteiger partial charge on any atom is 0.325 e. The summed E-state index contributed by atoms with van der Waals surface area (Å²) in [6.45, 7) is 1.95. The van der Waals surface area contributed by atoms with Crippen molar-refractivity contribution >= 4 is 33.7 Å². The van der Waals surface area contributed by atoms with E-state index in [1.165, 1.54) is 0 Å². The first-order valence-corrected chi connectivity index (χ1v) is 9.47. The highest BCUT2D eigenvalue weighted by Gasteiger charge is 2.25. The molecule has 8 heteroatoms.